The Morgan fingerprint density at radius 3 is 2.75 bits per heavy atom. The molecule has 0 bridgehead atoms. The van der Waals surface area contributed by atoms with Crippen LogP contribution in [0.1, 0.15) is 11.3 Å². The topological polar surface area (TPSA) is 145 Å². The lowest BCUT2D eigenvalue weighted by molar-refractivity contribution is -0.385. The fourth-order valence-corrected chi connectivity index (χ4v) is 1.84. The normalized spacial score (nSPS) is 10.6. The molecule has 1 aromatic heterocycles. The summed E-state index contributed by atoms with van der Waals surface area (Å²) in [6, 6.07) is 2.80. The third-order valence-electron chi connectivity index (χ3n) is 2.94. The van der Waals surface area contributed by atoms with E-state index in [1.165, 1.54) is 32.6 Å². The molecule has 1 heterocycles. The largest absolute Gasteiger partial charge is 0.493 e. The average molecular weight is 334 g/mol. The number of H-pyrrole nitrogens is 1. The third-order valence-corrected chi connectivity index (χ3v) is 2.94. The van der Waals surface area contributed by atoms with Gasteiger partial charge in [-0.1, -0.05) is 0 Å². The van der Waals surface area contributed by atoms with Gasteiger partial charge in [0.1, 0.15) is 5.69 Å². The Hall–Kier alpha value is -3.50. The molecular formula is C13H14N6O5. The third kappa shape index (κ3) is 3.63. The molecule has 126 valence electrons. The number of aromatic amines is 1. The lowest BCUT2D eigenvalue weighted by atomic mass is 10.2. The Morgan fingerprint density at radius 1 is 1.38 bits per heavy atom. The maximum Gasteiger partial charge on any atom is 0.363 e. The van der Waals surface area contributed by atoms with Gasteiger partial charge in [-0.2, -0.15) is 15.2 Å². The Labute approximate surface area is 135 Å². The van der Waals surface area contributed by atoms with Crippen molar-refractivity contribution in [2.45, 2.75) is 6.92 Å². The lowest BCUT2D eigenvalue weighted by Gasteiger charge is -2.08. The van der Waals surface area contributed by atoms with E-state index in [1.807, 2.05) is 0 Å². The first-order chi connectivity index (χ1) is 11.5. The first-order valence-corrected chi connectivity index (χ1v) is 6.59. The van der Waals surface area contributed by atoms with E-state index in [1.54, 1.807) is 6.92 Å². The van der Waals surface area contributed by atoms with Gasteiger partial charge in [-0.05, 0) is 13.0 Å². The molecular weight excluding hydrogens is 320 g/mol. The molecule has 2 aromatic rings. The van der Waals surface area contributed by atoms with Crippen molar-refractivity contribution in [1.82, 2.24) is 15.2 Å². The smallest absolute Gasteiger partial charge is 0.363 e. The van der Waals surface area contributed by atoms with Crippen molar-refractivity contribution < 1.29 is 14.4 Å². The molecule has 0 aliphatic heterocycles. The molecule has 0 saturated carbocycles. The molecule has 0 radical (unpaired) electrons. The standard InChI is InChI=1S/C13H14N6O5/c1-7-12(15-13(20)18-16-7)17-14-6-8-4-9(19(21)22)11(24-3)10(5-8)23-2/h4-6H,1-3H3,(H2,15,17,18,20)/b14-6+. The van der Waals surface area contributed by atoms with Gasteiger partial charge in [0.25, 0.3) is 0 Å². The number of hydrogen-bond donors (Lipinski definition) is 2. The van der Waals surface area contributed by atoms with Crippen molar-refractivity contribution in [1.29, 1.82) is 0 Å². The summed E-state index contributed by atoms with van der Waals surface area (Å²) in [7, 11) is 2.69. The number of rotatable bonds is 6. The molecule has 0 saturated heterocycles. The highest BCUT2D eigenvalue weighted by Crippen LogP contribution is 2.37. The number of nitrogens with zero attached hydrogens (tertiary/aromatic N) is 4. The van der Waals surface area contributed by atoms with E-state index in [2.05, 4.69) is 25.7 Å². The van der Waals surface area contributed by atoms with Gasteiger partial charge in [0.05, 0.1) is 25.4 Å². The highest BCUT2D eigenvalue weighted by molar-refractivity contribution is 5.83. The van der Waals surface area contributed by atoms with E-state index in [9.17, 15) is 14.9 Å². The van der Waals surface area contributed by atoms with Crippen LogP contribution in [0, 0.1) is 17.0 Å². The summed E-state index contributed by atoms with van der Waals surface area (Å²) < 4.78 is 10.1. The van der Waals surface area contributed by atoms with Gasteiger partial charge < -0.3 is 9.47 Å². The Balaban J connectivity index is 2.32. The number of ether oxygens (including phenoxy) is 2. The summed E-state index contributed by atoms with van der Waals surface area (Å²) in [5.41, 5.74) is 2.49. The highest BCUT2D eigenvalue weighted by atomic mass is 16.6. The molecule has 0 unspecified atom stereocenters. The summed E-state index contributed by atoms with van der Waals surface area (Å²) in [6.07, 6.45) is 1.32. The second-order valence-electron chi connectivity index (χ2n) is 4.48. The fraction of sp³-hybridized carbons (Fsp3) is 0.231. The Morgan fingerprint density at radius 2 is 2.12 bits per heavy atom. The quantitative estimate of drug-likeness (QED) is 0.449. The molecule has 0 aliphatic rings. The second kappa shape index (κ2) is 7.17. The van der Waals surface area contributed by atoms with Crippen molar-refractivity contribution >= 4 is 17.7 Å². The molecule has 2 N–H and O–H groups in total. The predicted octanol–water partition coefficient (Wildman–Crippen LogP) is 0.845. The number of aromatic nitrogens is 3. The predicted molar refractivity (Wildman–Crippen MR) is 84.8 cm³/mol. The van der Waals surface area contributed by atoms with Gasteiger partial charge in [-0.3, -0.25) is 15.5 Å². The van der Waals surface area contributed by atoms with E-state index < -0.39 is 10.6 Å². The Bertz CT molecular complexity index is 847. The van der Waals surface area contributed by atoms with Gasteiger partial charge in [-0.15, -0.1) is 0 Å². The maximum atomic E-state index is 11.1. The molecule has 0 fully saturated rings. The second-order valence-corrected chi connectivity index (χ2v) is 4.48. The summed E-state index contributed by atoms with van der Waals surface area (Å²) in [4.78, 5) is 25.3. The van der Waals surface area contributed by atoms with Crippen LogP contribution in [-0.4, -0.2) is 40.5 Å². The maximum absolute atomic E-state index is 11.1. The molecule has 2 rings (SSSR count). The minimum Gasteiger partial charge on any atom is -0.493 e. The van der Waals surface area contributed by atoms with Crippen LogP contribution >= 0.6 is 0 Å². The van der Waals surface area contributed by atoms with Gasteiger partial charge in [0, 0.05) is 11.6 Å². The minimum atomic E-state index is -0.625. The summed E-state index contributed by atoms with van der Waals surface area (Å²) >= 11 is 0. The van der Waals surface area contributed by atoms with Crippen molar-refractivity contribution in [2.24, 2.45) is 5.10 Å². The average Bonchev–Trinajstić information content (AvgIpc) is 2.56. The van der Waals surface area contributed by atoms with E-state index in [0.717, 1.165) is 0 Å². The molecule has 24 heavy (non-hydrogen) atoms. The van der Waals surface area contributed by atoms with Crippen molar-refractivity contribution in [3.8, 4) is 11.5 Å². The van der Waals surface area contributed by atoms with E-state index in [4.69, 9.17) is 9.47 Å². The zero-order valence-electron chi connectivity index (χ0n) is 13.1. The number of anilines is 1. The molecule has 11 nitrogen and oxygen atoms in total. The van der Waals surface area contributed by atoms with E-state index in [0.29, 0.717) is 11.3 Å². The summed E-state index contributed by atoms with van der Waals surface area (Å²) in [5.74, 6) is 0.383. The van der Waals surface area contributed by atoms with Crippen LogP contribution < -0.4 is 20.6 Å². The van der Waals surface area contributed by atoms with E-state index >= 15 is 0 Å². The van der Waals surface area contributed by atoms with Gasteiger partial charge >= 0.3 is 11.4 Å². The molecule has 11 heteroatoms. The van der Waals surface area contributed by atoms with Gasteiger partial charge in [0.2, 0.25) is 5.75 Å². The zero-order valence-corrected chi connectivity index (χ0v) is 13.1. The van der Waals surface area contributed by atoms with Crippen LogP contribution in [0.3, 0.4) is 0 Å². The molecule has 0 spiro atoms. The molecule has 0 amide bonds. The number of nitro groups is 1. The summed E-state index contributed by atoms with van der Waals surface area (Å²) in [5, 5.41) is 20.9. The molecule has 1 aromatic carbocycles. The number of hydrogen-bond acceptors (Lipinski definition) is 9. The van der Waals surface area contributed by atoms with Crippen LogP contribution in [0.5, 0.6) is 11.5 Å². The zero-order chi connectivity index (χ0) is 17.7. The number of hydrazone groups is 1. The minimum absolute atomic E-state index is 0.0175. The number of aryl methyl sites for hydroxylation is 1. The molecule has 0 aliphatic carbocycles. The fourth-order valence-electron chi connectivity index (χ4n) is 1.84. The number of methoxy groups -OCH3 is 2. The monoisotopic (exact) mass is 334 g/mol. The number of nitrogens with one attached hydrogen (secondary N) is 2. The SMILES string of the molecule is COc1cc(/C=N/Nc2nc(=O)[nH]nc2C)cc([N+](=O)[O-])c1OC. The first-order valence-electron chi connectivity index (χ1n) is 6.59. The number of nitro benzene ring substituents is 1. The highest BCUT2D eigenvalue weighted by Gasteiger charge is 2.21. The molecule has 0 atom stereocenters. The van der Waals surface area contributed by atoms with Crippen LogP contribution in [-0.2, 0) is 0 Å². The van der Waals surface area contributed by atoms with Crippen LogP contribution in [0.15, 0.2) is 22.0 Å². The van der Waals surface area contributed by atoms with Crippen LogP contribution in [0.25, 0.3) is 0 Å². The summed E-state index contributed by atoms with van der Waals surface area (Å²) in [6.45, 7) is 1.63. The lowest BCUT2D eigenvalue weighted by Crippen LogP contribution is -2.15. The van der Waals surface area contributed by atoms with Crippen molar-refractivity contribution in [3.63, 3.8) is 0 Å². The van der Waals surface area contributed by atoms with Crippen molar-refractivity contribution in [2.75, 3.05) is 19.6 Å². The van der Waals surface area contributed by atoms with Crippen LogP contribution in [0.2, 0.25) is 0 Å². The van der Waals surface area contributed by atoms with Gasteiger partial charge in [0.15, 0.2) is 11.6 Å². The van der Waals surface area contributed by atoms with Gasteiger partial charge in [-0.25, -0.2) is 9.89 Å². The van der Waals surface area contributed by atoms with Crippen LogP contribution in [0.4, 0.5) is 11.5 Å². The Kier molecular flexibility index (Phi) is 5.04. The first kappa shape index (κ1) is 16.9. The van der Waals surface area contributed by atoms with Crippen molar-refractivity contribution in [3.05, 3.63) is 44.0 Å². The van der Waals surface area contributed by atoms with E-state index in [-0.39, 0.29) is 23.0 Å². The number of benzene rings is 1.